The second-order valence-corrected chi connectivity index (χ2v) is 5.74. The number of para-hydroxylation sites is 2. The van der Waals surface area contributed by atoms with Gasteiger partial charge in [-0.1, -0.05) is 24.3 Å². The standard InChI is InChI=1S/C18H20N4O/c1-22(2)11-10-19-18(23)14-7-5-6-13(12-14)17-20-15-8-3-4-9-16(15)21-17/h3-9,12H,10-11H2,1-2H3,(H,19,23)(H,20,21). The van der Waals surface area contributed by atoms with Crippen LogP contribution in [-0.2, 0) is 0 Å². The number of carbonyl (C=O) groups excluding carboxylic acids is 1. The Morgan fingerprint density at radius 2 is 2.00 bits per heavy atom. The normalized spacial score (nSPS) is 11.1. The largest absolute Gasteiger partial charge is 0.351 e. The third kappa shape index (κ3) is 3.57. The topological polar surface area (TPSA) is 61.0 Å². The number of aromatic amines is 1. The Kier molecular flexibility index (Phi) is 4.39. The number of benzene rings is 2. The summed E-state index contributed by atoms with van der Waals surface area (Å²) < 4.78 is 0. The van der Waals surface area contributed by atoms with Crippen LogP contribution >= 0.6 is 0 Å². The second kappa shape index (κ2) is 6.62. The van der Waals surface area contributed by atoms with E-state index in [1.807, 2.05) is 67.5 Å². The molecule has 1 aromatic heterocycles. The number of hydrogen-bond acceptors (Lipinski definition) is 3. The summed E-state index contributed by atoms with van der Waals surface area (Å²) in [5, 5.41) is 2.92. The van der Waals surface area contributed by atoms with Crippen LogP contribution in [0.2, 0.25) is 0 Å². The van der Waals surface area contributed by atoms with Crippen molar-refractivity contribution < 1.29 is 4.79 Å². The lowest BCUT2D eigenvalue weighted by molar-refractivity contribution is 0.0951. The number of rotatable bonds is 5. The van der Waals surface area contributed by atoms with Crippen molar-refractivity contribution in [3.8, 4) is 11.4 Å². The Morgan fingerprint density at radius 3 is 2.78 bits per heavy atom. The third-order valence-electron chi connectivity index (χ3n) is 3.63. The van der Waals surface area contributed by atoms with E-state index in [0.29, 0.717) is 12.1 Å². The number of fused-ring (bicyclic) bond motifs is 1. The van der Waals surface area contributed by atoms with E-state index in [0.717, 1.165) is 29.0 Å². The third-order valence-corrected chi connectivity index (χ3v) is 3.63. The zero-order valence-corrected chi connectivity index (χ0v) is 13.3. The van der Waals surface area contributed by atoms with Crippen molar-refractivity contribution in [1.29, 1.82) is 0 Å². The number of hydrogen-bond donors (Lipinski definition) is 2. The highest BCUT2D eigenvalue weighted by Gasteiger charge is 2.09. The minimum Gasteiger partial charge on any atom is -0.351 e. The van der Waals surface area contributed by atoms with Crippen molar-refractivity contribution in [2.24, 2.45) is 0 Å². The van der Waals surface area contributed by atoms with Crippen LogP contribution in [0.1, 0.15) is 10.4 Å². The van der Waals surface area contributed by atoms with E-state index >= 15 is 0 Å². The van der Waals surface area contributed by atoms with E-state index in [-0.39, 0.29) is 5.91 Å². The number of carbonyl (C=O) groups is 1. The number of nitrogens with one attached hydrogen (secondary N) is 2. The molecule has 5 heteroatoms. The van der Waals surface area contributed by atoms with Crippen molar-refractivity contribution in [2.75, 3.05) is 27.2 Å². The Morgan fingerprint density at radius 1 is 1.17 bits per heavy atom. The number of nitrogens with zero attached hydrogens (tertiary/aromatic N) is 2. The van der Waals surface area contributed by atoms with Gasteiger partial charge in [0.25, 0.3) is 5.91 Å². The van der Waals surface area contributed by atoms with Crippen LogP contribution in [0.4, 0.5) is 0 Å². The molecule has 5 nitrogen and oxygen atoms in total. The summed E-state index contributed by atoms with van der Waals surface area (Å²) in [6.07, 6.45) is 0. The van der Waals surface area contributed by atoms with Gasteiger partial charge in [0.2, 0.25) is 0 Å². The molecule has 0 radical (unpaired) electrons. The molecule has 0 spiro atoms. The van der Waals surface area contributed by atoms with Crippen LogP contribution in [0.15, 0.2) is 48.5 Å². The molecule has 23 heavy (non-hydrogen) atoms. The predicted octanol–water partition coefficient (Wildman–Crippen LogP) is 2.52. The van der Waals surface area contributed by atoms with E-state index in [9.17, 15) is 4.79 Å². The summed E-state index contributed by atoms with van der Waals surface area (Å²) in [6.45, 7) is 1.44. The van der Waals surface area contributed by atoms with Crippen LogP contribution in [0.3, 0.4) is 0 Å². The van der Waals surface area contributed by atoms with Crippen molar-refractivity contribution in [3.63, 3.8) is 0 Å². The first-order valence-corrected chi connectivity index (χ1v) is 7.61. The van der Waals surface area contributed by atoms with E-state index in [2.05, 4.69) is 15.3 Å². The van der Waals surface area contributed by atoms with Crippen LogP contribution in [0.25, 0.3) is 22.4 Å². The van der Waals surface area contributed by atoms with Crippen LogP contribution in [0, 0.1) is 0 Å². The molecule has 0 fully saturated rings. The first-order chi connectivity index (χ1) is 11.1. The first-order valence-electron chi connectivity index (χ1n) is 7.61. The second-order valence-electron chi connectivity index (χ2n) is 5.74. The van der Waals surface area contributed by atoms with Gasteiger partial charge in [0, 0.05) is 24.2 Å². The lowest BCUT2D eigenvalue weighted by Gasteiger charge is -2.10. The highest BCUT2D eigenvalue weighted by atomic mass is 16.1. The average molecular weight is 308 g/mol. The molecule has 1 amide bonds. The Labute approximate surface area is 135 Å². The van der Waals surface area contributed by atoms with E-state index in [1.54, 1.807) is 0 Å². The maximum absolute atomic E-state index is 12.2. The van der Waals surface area contributed by atoms with Crippen molar-refractivity contribution >= 4 is 16.9 Å². The fourth-order valence-corrected chi connectivity index (χ4v) is 2.39. The van der Waals surface area contributed by atoms with Crippen LogP contribution in [0.5, 0.6) is 0 Å². The van der Waals surface area contributed by atoms with Gasteiger partial charge in [-0.15, -0.1) is 0 Å². The van der Waals surface area contributed by atoms with E-state index < -0.39 is 0 Å². The SMILES string of the molecule is CN(C)CCNC(=O)c1cccc(-c2nc3ccccc3[nH]2)c1. The van der Waals surface area contributed by atoms with Gasteiger partial charge in [-0.05, 0) is 38.4 Å². The molecule has 1 heterocycles. The van der Waals surface area contributed by atoms with Gasteiger partial charge in [-0.3, -0.25) is 4.79 Å². The van der Waals surface area contributed by atoms with Gasteiger partial charge in [0.05, 0.1) is 11.0 Å². The van der Waals surface area contributed by atoms with Gasteiger partial charge in [-0.2, -0.15) is 0 Å². The van der Waals surface area contributed by atoms with Gasteiger partial charge >= 0.3 is 0 Å². The zero-order chi connectivity index (χ0) is 16.2. The zero-order valence-electron chi connectivity index (χ0n) is 13.3. The molecule has 0 saturated carbocycles. The van der Waals surface area contributed by atoms with Crippen molar-refractivity contribution in [1.82, 2.24) is 20.2 Å². The molecule has 3 aromatic rings. The molecular weight excluding hydrogens is 288 g/mol. The summed E-state index contributed by atoms with van der Waals surface area (Å²) in [4.78, 5) is 22.1. The lowest BCUT2D eigenvalue weighted by Crippen LogP contribution is -2.31. The minimum atomic E-state index is -0.0650. The molecule has 118 valence electrons. The first kappa shape index (κ1) is 15.2. The Hall–Kier alpha value is -2.66. The lowest BCUT2D eigenvalue weighted by atomic mass is 10.1. The van der Waals surface area contributed by atoms with E-state index in [1.165, 1.54) is 0 Å². The molecule has 0 bridgehead atoms. The molecule has 0 unspecified atom stereocenters. The Bertz CT molecular complexity index is 790. The molecule has 0 aliphatic heterocycles. The molecule has 2 N–H and O–H groups in total. The molecule has 0 aliphatic rings. The summed E-state index contributed by atoms with van der Waals surface area (Å²) in [7, 11) is 3.96. The average Bonchev–Trinajstić information content (AvgIpc) is 2.98. The number of imidazole rings is 1. The van der Waals surface area contributed by atoms with Gasteiger partial charge in [-0.25, -0.2) is 4.98 Å². The fraction of sp³-hybridized carbons (Fsp3) is 0.222. The minimum absolute atomic E-state index is 0.0650. The predicted molar refractivity (Wildman–Crippen MR) is 92.4 cm³/mol. The number of likely N-dealkylation sites (N-methyl/N-ethyl adjacent to an activating group) is 1. The highest BCUT2D eigenvalue weighted by Crippen LogP contribution is 2.21. The molecule has 0 saturated heterocycles. The monoisotopic (exact) mass is 308 g/mol. The number of aromatic nitrogens is 2. The quantitative estimate of drug-likeness (QED) is 0.761. The number of amides is 1. The van der Waals surface area contributed by atoms with Gasteiger partial charge in [0.1, 0.15) is 5.82 Å². The smallest absolute Gasteiger partial charge is 0.251 e. The summed E-state index contributed by atoms with van der Waals surface area (Å²) in [5.41, 5.74) is 3.45. The molecular formula is C18H20N4O. The maximum atomic E-state index is 12.2. The number of H-pyrrole nitrogens is 1. The van der Waals surface area contributed by atoms with Gasteiger partial charge in [0.15, 0.2) is 0 Å². The molecule has 2 aromatic carbocycles. The molecule has 0 atom stereocenters. The van der Waals surface area contributed by atoms with Gasteiger partial charge < -0.3 is 15.2 Å². The van der Waals surface area contributed by atoms with Crippen molar-refractivity contribution in [3.05, 3.63) is 54.1 Å². The summed E-state index contributed by atoms with van der Waals surface area (Å²) in [6, 6.07) is 15.4. The van der Waals surface area contributed by atoms with E-state index in [4.69, 9.17) is 0 Å². The fourth-order valence-electron chi connectivity index (χ4n) is 2.39. The highest BCUT2D eigenvalue weighted by molar-refractivity contribution is 5.95. The van der Waals surface area contributed by atoms with Crippen molar-refractivity contribution in [2.45, 2.75) is 0 Å². The molecule has 0 aliphatic carbocycles. The maximum Gasteiger partial charge on any atom is 0.251 e. The molecule has 3 rings (SSSR count). The van der Waals surface area contributed by atoms with Crippen LogP contribution in [-0.4, -0.2) is 48.0 Å². The van der Waals surface area contributed by atoms with Crippen LogP contribution < -0.4 is 5.32 Å². The Balaban J connectivity index is 1.80. The summed E-state index contributed by atoms with van der Waals surface area (Å²) in [5.74, 6) is 0.707. The summed E-state index contributed by atoms with van der Waals surface area (Å²) >= 11 is 0.